The van der Waals surface area contributed by atoms with Gasteiger partial charge in [-0.1, -0.05) is 12.1 Å². The van der Waals surface area contributed by atoms with Crippen LogP contribution in [0.4, 0.5) is 0 Å². The predicted octanol–water partition coefficient (Wildman–Crippen LogP) is 3.48. The summed E-state index contributed by atoms with van der Waals surface area (Å²) >= 11 is 0. The monoisotopic (exact) mass is 409 g/mol. The average Bonchev–Trinajstić information content (AvgIpc) is 3.25. The van der Waals surface area contributed by atoms with Gasteiger partial charge >= 0.3 is 0 Å². The van der Waals surface area contributed by atoms with Crippen LogP contribution in [-0.4, -0.2) is 41.8 Å². The van der Waals surface area contributed by atoms with Gasteiger partial charge in [0.1, 0.15) is 23.4 Å². The first-order valence-corrected chi connectivity index (χ1v) is 9.73. The Kier molecular flexibility index (Phi) is 4.80. The van der Waals surface area contributed by atoms with Crippen LogP contribution in [0, 0.1) is 0 Å². The van der Waals surface area contributed by atoms with Gasteiger partial charge in [0.05, 0.1) is 19.0 Å². The molecule has 31 heavy (non-hydrogen) atoms. The molecule has 0 aliphatic rings. The zero-order chi connectivity index (χ0) is 21.2. The van der Waals surface area contributed by atoms with Crippen LogP contribution in [0.1, 0.15) is 11.4 Å². The standard InChI is InChI=1S/C23H19N7O/c1-30-13-19(12-28-30)15-3-4-16(20(7-15)31-2)8-21-27-11-17-5-6-26-22(23(17)29-21)18-9-24-14-25-10-18/h3-7,9-14H,8H2,1-2H3. The number of fused-ring (bicyclic) bond motifs is 1. The number of rotatable bonds is 5. The van der Waals surface area contributed by atoms with E-state index in [9.17, 15) is 0 Å². The quantitative estimate of drug-likeness (QED) is 0.439. The minimum absolute atomic E-state index is 0.534. The largest absolute Gasteiger partial charge is 0.496 e. The van der Waals surface area contributed by atoms with Gasteiger partial charge in [0.2, 0.25) is 0 Å². The highest BCUT2D eigenvalue weighted by atomic mass is 16.5. The van der Waals surface area contributed by atoms with Crippen LogP contribution < -0.4 is 4.74 Å². The summed E-state index contributed by atoms with van der Waals surface area (Å²) in [5.41, 5.74) is 5.41. The van der Waals surface area contributed by atoms with Crippen molar-refractivity contribution < 1.29 is 4.74 Å². The molecule has 4 aromatic heterocycles. The molecule has 8 nitrogen and oxygen atoms in total. The first-order chi connectivity index (χ1) is 15.2. The maximum Gasteiger partial charge on any atom is 0.133 e. The van der Waals surface area contributed by atoms with Crippen LogP contribution >= 0.6 is 0 Å². The molecule has 0 amide bonds. The number of aryl methyl sites for hydroxylation is 1. The van der Waals surface area contributed by atoms with Crippen molar-refractivity contribution in [3.8, 4) is 28.1 Å². The van der Waals surface area contributed by atoms with E-state index < -0.39 is 0 Å². The Labute approximate surface area is 178 Å². The molecule has 0 aliphatic heterocycles. The fraction of sp³-hybridized carbons (Fsp3) is 0.130. The third kappa shape index (κ3) is 3.71. The third-order valence-electron chi connectivity index (χ3n) is 5.06. The van der Waals surface area contributed by atoms with Crippen LogP contribution in [0.15, 0.2) is 67.8 Å². The Morgan fingerprint density at radius 1 is 0.935 bits per heavy atom. The van der Waals surface area contributed by atoms with Gasteiger partial charge in [-0.3, -0.25) is 9.67 Å². The first-order valence-electron chi connectivity index (χ1n) is 9.73. The summed E-state index contributed by atoms with van der Waals surface area (Å²) in [6, 6.07) is 8.02. The van der Waals surface area contributed by atoms with Gasteiger partial charge in [-0.15, -0.1) is 0 Å². The molecule has 0 unspecified atom stereocenters. The second-order valence-corrected chi connectivity index (χ2v) is 7.12. The molecule has 0 spiro atoms. The fourth-order valence-corrected chi connectivity index (χ4v) is 3.52. The normalized spacial score (nSPS) is 11.0. The van der Waals surface area contributed by atoms with Crippen LogP contribution in [-0.2, 0) is 13.5 Å². The van der Waals surface area contributed by atoms with Crippen LogP contribution in [0.5, 0.6) is 5.75 Å². The number of hydrogen-bond donors (Lipinski definition) is 0. The Bertz CT molecular complexity index is 1370. The molecule has 0 saturated heterocycles. The van der Waals surface area contributed by atoms with Gasteiger partial charge in [-0.2, -0.15) is 5.10 Å². The molecule has 0 aliphatic carbocycles. The summed E-state index contributed by atoms with van der Waals surface area (Å²) in [6.45, 7) is 0. The Balaban J connectivity index is 1.52. The highest BCUT2D eigenvalue weighted by Gasteiger charge is 2.13. The number of aromatic nitrogens is 7. The van der Waals surface area contributed by atoms with Crippen molar-refractivity contribution in [1.29, 1.82) is 0 Å². The number of hydrogen-bond acceptors (Lipinski definition) is 7. The van der Waals surface area contributed by atoms with Crippen LogP contribution in [0.25, 0.3) is 33.3 Å². The summed E-state index contributed by atoms with van der Waals surface area (Å²) in [7, 11) is 3.57. The van der Waals surface area contributed by atoms with E-state index in [0.717, 1.165) is 44.6 Å². The zero-order valence-electron chi connectivity index (χ0n) is 17.1. The Morgan fingerprint density at radius 3 is 2.58 bits per heavy atom. The fourth-order valence-electron chi connectivity index (χ4n) is 3.52. The van der Waals surface area contributed by atoms with Crippen molar-refractivity contribution in [2.24, 2.45) is 7.05 Å². The predicted molar refractivity (Wildman–Crippen MR) is 116 cm³/mol. The number of ether oxygens (including phenoxy) is 1. The number of nitrogens with zero attached hydrogens (tertiary/aromatic N) is 7. The molecular weight excluding hydrogens is 390 g/mol. The molecule has 0 saturated carbocycles. The molecule has 0 N–H and O–H groups in total. The van der Waals surface area contributed by atoms with Crippen molar-refractivity contribution in [3.05, 3.63) is 79.2 Å². The lowest BCUT2D eigenvalue weighted by atomic mass is 10.0. The van der Waals surface area contributed by atoms with Gasteiger partial charge in [0.25, 0.3) is 0 Å². The topological polar surface area (TPSA) is 91.5 Å². The summed E-state index contributed by atoms with van der Waals surface area (Å²) in [6.07, 6.45) is 12.9. The molecule has 1 aromatic carbocycles. The maximum absolute atomic E-state index is 5.66. The molecule has 0 atom stereocenters. The van der Waals surface area contributed by atoms with E-state index in [-0.39, 0.29) is 0 Å². The molecule has 0 bridgehead atoms. The second-order valence-electron chi connectivity index (χ2n) is 7.12. The van der Waals surface area contributed by atoms with E-state index in [4.69, 9.17) is 9.72 Å². The lowest BCUT2D eigenvalue weighted by Crippen LogP contribution is -2.01. The first kappa shape index (κ1) is 18.8. The Hall–Kier alpha value is -4.20. The second kappa shape index (κ2) is 7.91. The molecular formula is C23H19N7O. The van der Waals surface area contributed by atoms with Gasteiger partial charge in [-0.05, 0) is 17.7 Å². The smallest absolute Gasteiger partial charge is 0.133 e. The van der Waals surface area contributed by atoms with Crippen molar-refractivity contribution in [2.45, 2.75) is 6.42 Å². The molecule has 152 valence electrons. The summed E-state index contributed by atoms with van der Waals surface area (Å²) < 4.78 is 7.44. The van der Waals surface area contributed by atoms with Crippen molar-refractivity contribution >= 4 is 10.9 Å². The maximum atomic E-state index is 5.66. The van der Waals surface area contributed by atoms with Gasteiger partial charge in [0, 0.05) is 66.5 Å². The highest BCUT2D eigenvalue weighted by Crippen LogP contribution is 2.29. The molecule has 4 heterocycles. The van der Waals surface area contributed by atoms with E-state index >= 15 is 0 Å². The minimum atomic E-state index is 0.534. The molecule has 8 heteroatoms. The molecule has 5 aromatic rings. The average molecular weight is 409 g/mol. The van der Waals surface area contributed by atoms with Crippen LogP contribution in [0.3, 0.4) is 0 Å². The van der Waals surface area contributed by atoms with Crippen molar-refractivity contribution in [2.75, 3.05) is 7.11 Å². The Morgan fingerprint density at radius 2 is 1.81 bits per heavy atom. The van der Waals surface area contributed by atoms with E-state index in [1.165, 1.54) is 6.33 Å². The lowest BCUT2D eigenvalue weighted by Gasteiger charge is -2.11. The summed E-state index contributed by atoms with van der Waals surface area (Å²) in [5, 5.41) is 5.16. The van der Waals surface area contributed by atoms with E-state index in [1.54, 1.807) is 30.4 Å². The minimum Gasteiger partial charge on any atom is -0.496 e. The third-order valence-corrected chi connectivity index (χ3v) is 5.06. The zero-order valence-corrected chi connectivity index (χ0v) is 17.1. The number of benzene rings is 1. The van der Waals surface area contributed by atoms with E-state index in [2.05, 4.69) is 31.1 Å². The highest BCUT2D eigenvalue weighted by molar-refractivity contribution is 5.90. The molecule has 0 radical (unpaired) electrons. The van der Waals surface area contributed by atoms with Crippen molar-refractivity contribution in [1.82, 2.24) is 34.7 Å². The summed E-state index contributed by atoms with van der Waals surface area (Å²) in [5.74, 6) is 1.47. The van der Waals surface area contributed by atoms with Gasteiger partial charge in [-0.25, -0.2) is 19.9 Å². The van der Waals surface area contributed by atoms with Crippen molar-refractivity contribution in [3.63, 3.8) is 0 Å². The van der Waals surface area contributed by atoms with E-state index in [0.29, 0.717) is 12.2 Å². The number of pyridine rings is 1. The van der Waals surface area contributed by atoms with E-state index in [1.807, 2.05) is 43.8 Å². The number of methoxy groups -OCH3 is 1. The summed E-state index contributed by atoms with van der Waals surface area (Å²) in [4.78, 5) is 22.1. The van der Waals surface area contributed by atoms with Crippen LogP contribution in [0.2, 0.25) is 0 Å². The van der Waals surface area contributed by atoms with Gasteiger partial charge < -0.3 is 4.74 Å². The van der Waals surface area contributed by atoms with Gasteiger partial charge in [0.15, 0.2) is 0 Å². The molecule has 5 rings (SSSR count). The lowest BCUT2D eigenvalue weighted by molar-refractivity contribution is 0.410. The molecule has 0 fully saturated rings. The SMILES string of the molecule is COc1cc(-c2cnn(C)c2)ccc1Cc1ncc2ccnc(-c3cncnc3)c2n1.